The van der Waals surface area contributed by atoms with Crippen LogP contribution in [0.4, 0.5) is 0 Å². The van der Waals surface area contributed by atoms with E-state index in [-0.39, 0.29) is 62.9 Å². The molecule has 88 heavy (non-hydrogen) atoms. The first-order chi connectivity index (χ1) is 42.9. The summed E-state index contributed by atoms with van der Waals surface area (Å²) in [6.45, 7) is -0.340. The Balaban J connectivity index is 0.803. The van der Waals surface area contributed by atoms with Crippen LogP contribution in [-0.4, -0.2) is 247 Å². The Morgan fingerprint density at radius 3 is 1.42 bits per heavy atom. The van der Waals surface area contributed by atoms with Gasteiger partial charge >= 0.3 is 0 Å². The van der Waals surface area contributed by atoms with Crippen molar-refractivity contribution >= 4 is 44.1 Å². The predicted octanol–water partition coefficient (Wildman–Crippen LogP) is 0.102. The minimum absolute atomic E-state index is 0.107. The van der Waals surface area contributed by atoms with Gasteiger partial charge in [0.05, 0.1) is 85.4 Å². The third kappa shape index (κ3) is 14.3. The van der Waals surface area contributed by atoms with E-state index in [2.05, 4.69) is 20.3 Å². The van der Waals surface area contributed by atoms with E-state index in [1.807, 2.05) is 12.1 Å². The summed E-state index contributed by atoms with van der Waals surface area (Å²) >= 11 is 0. The van der Waals surface area contributed by atoms with Crippen molar-refractivity contribution in [3.63, 3.8) is 0 Å². The Kier molecular flexibility index (Phi) is 19.9. The molecule has 0 spiro atoms. The van der Waals surface area contributed by atoms with E-state index in [4.69, 9.17) is 72.5 Å². The zero-order chi connectivity index (χ0) is 61.3. The Hall–Kier alpha value is -8.02. The van der Waals surface area contributed by atoms with Crippen molar-refractivity contribution < 1.29 is 93.7 Å². The van der Waals surface area contributed by atoms with Crippen molar-refractivity contribution in [2.24, 2.45) is 0 Å². The number of hydrogen-bond acceptors (Lipinski definition) is 27. The van der Waals surface area contributed by atoms with E-state index in [1.165, 1.54) is 0 Å². The first-order valence-corrected chi connectivity index (χ1v) is 28.2. The highest BCUT2D eigenvalue weighted by Crippen LogP contribution is 2.40. The van der Waals surface area contributed by atoms with Crippen LogP contribution in [-0.2, 0) is 36.8 Å². The summed E-state index contributed by atoms with van der Waals surface area (Å²) in [7, 11) is 0. The van der Waals surface area contributed by atoms with E-state index >= 15 is 0 Å². The fourth-order valence-electron chi connectivity index (χ4n) is 9.61. The van der Waals surface area contributed by atoms with Gasteiger partial charge in [0, 0.05) is 43.8 Å². The number of aliphatic hydroxyl groups excluding tert-OH is 10. The lowest BCUT2D eigenvalue weighted by atomic mass is 9.99. The topological polar surface area (TPSA) is 425 Å². The van der Waals surface area contributed by atoms with Crippen LogP contribution in [0.1, 0.15) is 5.69 Å². The molecule has 12 N–H and O–H groups in total. The van der Waals surface area contributed by atoms with Gasteiger partial charge in [0.15, 0.2) is 29.6 Å². The van der Waals surface area contributed by atoms with E-state index in [0.29, 0.717) is 135 Å². The van der Waals surface area contributed by atoms with Gasteiger partial charge in [0.25, 0.3) is 0 Å². The van der Waals surface area contributed by atoms with Crippen LogP contribution < -0.4 is 18.9 Å². The monoisotopic (exact) mass is 1220 g/mol. The molecule has 3 unspecified atom stereocenters. The molecule has 0 radical (unpaired) electrons. The minimum Gasteiger partial charge on any atom is -0.491 e. The molecule has 11 rings (SSSR count). The highest BCUT2D eigenvalue weighted by molar-refractivity contribution is 6.07. The van der Waals surface area contributed by atoms with Crippen LogP contribution in [0, 0.1) is 0 Å². The molecule has 4 aromatic carbocycles. The molecule has 8 bridgehead atoms. The summed E-state index contributed by atoms with van der Waals surface area (Å²) in [4.78, 5) is 37.1. The molecule has 0 amide bonds. The first-order valence-electron chi connectivity index (χ1n) is 28.2. The number of nitrogens with one attached hydrogen (secondary N) is 2. The summed E-state index contributed by atoms with van der Waals surface area (Å²) in [5.74, 6) is 2.69. The molecular weight excluding hydrogens is 1150 g/mol. The van der Waals surface area contributed by atoms with Gasteiger partial charge in [-0.1, -0.05) is 5.21 Å². The molecule has 8 aromatic rings. The molecule has 8 atom stereocenters. The second-order valence-electron chi connectivity index (χ2n) is 20.5. The van der Waals surface area contributed by atoms with Crippen molar-refractivity contribution in [3.05, 3.63) is 84.7 Å². The summed E-state index contributed by atoms with van der Waals surface area (Å²) in [5, 5.41) is 109. The standard InChI is InChI=1S/C58H65N11O19/c70-22-31(74)27-84-35-2-6-39-43(18-35)56-62-51(39)60-54-42-17-34(83-16-15-82-14-13-81-12-11-80-10-9-69-21-30(67-68-69)26-87-58-49(79)48(78)47(77)46(25-73)88-58)1-5-38(42)50(59-54)61-55-44-19-36(85-28-32(75)23-71)3-7-40(44)52(63-55)65-57-45-20-37(86-29-33(76)24-72)4-8-41(45)53(64-56)66-57/h1-8,17-21,31-33,46-49,58,70-79H,9-16,22-29H2,(H2,59,60,61,62,63,64,65,66)/t31?,32?,33?,46-,47-,48+,49-,58-/m1/s1. The highest BCUT2D eigenvalue weighted by Gasteiger charge is 2.44. The summed E-state index contributed by atoms with van der Waals surface area (Å²) in [6, 6.07) is 21.0. The zero-order valence-electron chi connectivity index (χ0n) is 47.1. The summed E-state index contributed by atoms with van der Waals surface area (Å²) in [6.07, 6.45) is -8.68. The fraction of sp³-hybridized carbons (Fsp3) is 0.414. The Morgan fingerprint density at radius 2 is 0.920 bits per heavy atom. The summed E-state index contributed by atoms with van der Waals surface area (Å²) in [5.41, 5.74) is 4.13. The smallest absolute Gasteiger partial charge is 0.187 e. The van der Waals surface area contributed by atoms with E-state index in [0.717, 1.165) is 0 Å². The lowest BCUT2D eigenvalue weighted by Crippen LogP contribution is -2.59. The molecule has 3 aliphatic heterocycles. The predicted molar refractivity (Wildman–Crippen MR) is 308 cm³/mol. The summed E-state index contributed by atoms with van der Waals surface area (Å²) < 4.78 is 53.4. The number of rotatable bonds is 29. The Morgan fingerprint density at radius 1 is 0.477 bits per heavy atom. The molecule has 30 heteroatoms. The first kappa shape index (κ1) is 61.6. The van der Waals surface area contributed by atoms with Crippen molar-refractivity contribution in [2.45, 2.75) is 62.2 Å². The fourth-order valence-corrected chi connectivity index (χ4v) is 9.61. The van der Waals surface area contributed by atoms with Gasteiger partial charge in [-0.2, -0.15) is 0 Å². The average Bonchev–Trinajstić information content (AvgIpc) is 2.17. The number of aliphatic hydroxyl groups is 10. The highest BCUT2D eigenvalue weighted by atomic mass is 16.7. The van der Waals surface area contributed by atoms with E-state index < -0.39 is 75.4 Å². The maximum atomic E-state index is 10.2. The van der Waals surface area contributed by atoms with Gasteiger partial charge in [-0.25, -0.2) is 34.6 Å². The number of ether oxygens (including phenoxy) is 9. The van der Waals surface area contributed by atoms with Crippen molar-refractivity contribution in [3.8, 4) is 68.5 Å². The maximum absolute atomic E-state index is 10.2. The molecule has 466 valence electrons. The number of hydrogen-bond donors (Lipinski definition) is 12. The van der Waals surface area contributed by atoms with Crippen LogP contribution in [0.3, 0.4) is 0 Å². The second-order valence-corrected chi connectivity index (χ2v) is 20.5. The van der Waals surface area contributed by atoms with Gasteiger partial charge < -0.3 is 104 Å². The third-order valence-corrected chi connectivity index (χ3v) is 14.2. The van der Waals surface area contributed by atoms with Crippen LogP contribution >= 0.6 is 0 Å². The van der Waals surface area contributed by atoms with Crippen molar-refractivity contribution in [1.82, 2.24) is 54.9 Å². The minimum atomic E-state index is -1.55. The molecular formula is C58H65N11O19. The Labute approximate surface area is 499 Å². The zero-order valence-corrected chi connectivity index (χ0v) is 47.1. The Bertz CT molecular complexity index is 3850. The van der Waals surface area contributed by atoms with Crippen molar-refractivity contribution in [2.75, 3.05) is 92.5 Å². The molecule has 0 saturated carbocycles. The van der Waals surface area contributed by atoms with Gasteiger partial charge in [-0.05, 0) is 72.8 Å². The van der Waals surface area contributed by atoms with E-state index in [9.17, 15) is 51.1 Å². The second kappa shape index (κ2) is 28.4. The number of aromatic amines is 2. The number of H-pyrrole nitrogens is 2. The quantitative estimate of drug-likeness (QED) is 0.0277. The molecule has 3 aliphatic rings. The number of benzene rings is 4. The SMILES string of the molecule is OCC(O)COc1ccc2c(c1)-c1nc-2nc2[nH]c(nc3nc(nc4[nH]c(n1)c1ccc(OCC(O)CO)cc41)-c1ccc(OCCOCCOCCOCCn4cc(CO[C@@H]5O[C@H](CO)[C@@H](O)[C@H](O)[C@H]5O)nn4)cc1-3)c1ccc(OCC(O)CO)cc21. The maximum Gasteiger partial charge on any atom is 0.187 e. The molecule has 1 saturated heterocycles. The largest absolute Gasteiger partial charge is 0.491 e. The average molecular weight is 1220 g/mol. The lowest BCUT2D eigenvalue weighted by Gasteiger charge is -2.39. The van der Waals surface area contributed by atoms with Crippen LogP contribution in [0.2, 0.25) is 0 Å². The normalized spacial score (nSPS) is 18.3. The number of aromatic nitrogens is 11. The molecule has 7 heterocycles. The number of fused-ring (bicyclic) bond motifs is 20. The van der Waals surface area contributed by atoms with Gasteiger partial charge in [0.2, 0.25) is 0 Å². The van der Waals surface area contributed by atoms with Crippen LogP contribution in [0.5, 0.6) is 23.0 Å². The van der Waals surface area contributed by atoms with Crippen LogP contribution in [0.15, 0.2) is 79.0 Å². The molecule has 4 aromatic heterocycles. The molecule has 1 fully saturated rings. The molecule has 0 aliphatic carbocycles. The lowest BCUT2D eigenvalue weighted by molar-refractivity contribution is -0.304. The molecule has 30 nitrogen and oxygen atoms in total. The van der Waals surface area contributed by atoms with E-state index in [1.54, 1.807) is 71.5 Å². The van der Waals surface area contributed by atoms with Gasteiger partial charge in [-0.3, -0.25) is 0 Å². The number of nitrogens with zero attached hydrogens (tertiary/aromatic N) is 9. The van der Waals surface area contributed by atoms with Gasteiger partial charge in [0.1, 0.15) is 120 Å². The van der Waals surface area contributed by atoms with Gasteiger partial charge in [-0.15, -0.1) is 5.10 Å². The third-order valence-electron chi connectivity index (χ3n) is 14.2. The van der Waals surface area contributed by atoms with Crippen LogP contribution in [0.25, 0.3) is 89.7 Å². The van der Waals surface area contributed by atoms with Crippen molar-refractivity contribution in [1.29, 1.82) is 0 Å².